The molecule has 1 saturated heterocycles. The maximum Gasteiger partial charge on any atom is 0.413 e. The molecule has 0 spiro atoms. The highest BCUT2D eigenvalue weighted by Gasteiger charge is 2.33. The summed E-state index contributed by atoms with van der Waals surface area (Å²) in [7, 11) is 2.02. The Kier molecular flexibility index (Phi) is 4.21. The third-order valence-corrected chi connectivity index (χ3v) is 3.23. The third kappa shape index (κ3) is 4.04. The van der Waals surface area contributed by atoms with Crippen LogP contribution in [0.25, 0.3) is 0 Å². The fourth-order valence-electron chi connectivity index (χ4n) is 2.29. The highest BCUT2D eigenvalue weighted by molar-refractivity contribution is 6.28. The zero-order valence-electron chi connectivity index (χ0n) is 11.0. The molecule has 1 fully saturated rings. The molecular formula is C12H17ClN4O2. The predicted octanol–water partition coefficient (Wildman–Crippen LogP) is 2.16. The number of likely N-dealkylation sites (tertiary alicyclic amines) is 1. The minimum atomic E-state index is -0.521. The van der Waals surface area contributed by atoms with Crippen LogP contribution in [0.1, 0.15) is 19.8 Å². The van der Waals surface area contributed by atoms with Gasteiger partial charge in [0.2, 0.25) is 5.28 Å². The molecule has 0 aromatic carbocycles. The third-order valence-electron chi connectivity index (χ3n) is 3.05. The molecule has 0 aliphatic carbocycles. The van der Waals surface area contributed by atoms with Gasteiger partial charge < -0.3 is 9.64 Å². The van der Waals surface area contributed by atoms with Crippen molar-refractivity contribution in [3.63, 3.8) is 0 Å². The van der Waals surface area contributed by atoms with Crippen molar-refractivity contribution in [2.75, 3.05) is 25.5 Å². The minimum absolute atomic E-state index is 0.0846. The van der Waals surface area contributed by atoms with Crippen LogP contribution in [0, 0.1) is 0 Å². The summed E-state index contributed by atoms with van der Waals surface area (Å²) in [5, 5.41) is 2.64. The van der Waals surface area contributed by atoms with E-state index in [1.807, 2.05) is 14.0 Å². The number of rotatable bonds is 2. The number of amides is 1. The fourth-order valence-corrected chi connectivity index (χ4v) is 2.44. The van der Waals surface area contributed by atoms with Crippen LogP contribution in [0.5, 0.6) is 0 Å². The van der Waals surface area contributed by atoms with E-state index in [0.717, 1.165) is 25.9 Å². The molecule has 2 rings (SSSR count). The Labute approximate surface area is 117 Å². The second-order valence-corrected chi connectivity index (χ2v) is 5.35. The molecule has 104 valence electrons. The SMILES string of the molecule is CN1CCC[C@](C)(OC(=O)Nc2ccnc(Cl)n2)C1. The van der Waals surface area contributed by atoms with Crippen LogP contribution >= 0.6 is 11.6 Å². The Balaban J connectivity index is 1.94. The van der Waals surface area contributed by atoms with E-state index in [0.29, 0.717) is 5.82 Å². The molecule has 0 bridgehead atoms. The number of nitrogens with one attached hydrogen (secondary N) is 1. The van der Waals surface area contributed by atoms with Crippen molar-refractivity contribution >= 4 is 23.5 Å². The van der Waals surface area contributed by atoms with E-state index in [1.54, 1.807) is 6.07 Å². The van der Waals surface area contributed by atoms with Gasteiger partial charge in [-0.25, -0.2) is 14.8 Å². The monoisotopic (exact) mass is 284 g/mol. The number of piperidine rings is 1. The van der Waals surface area contributed by atoms with Crippen LogP contribution in [0.15, 0.2) is 12.3 Å². The molecule has 2 heterocycles. The van der Waals surface area contributed by atoms with Crippen LogP contribution in [-0.4, -0.2) is 46.7 Å². The van der Waals surface area contributed by atoms with Crippen molar-refractivity contribution < 1.29 is 9.53 Å². The van der Waals surface area contributed by atoms with E-state index in [1.165, 1.54) is 6.20 Å². The van der Waals surface area contributed by atoms with Crippen LogP contribution in [0.2, 0.25) is 5.28 Å². The standard InChI is InChI=1S/C12H17ClN4O2/c1-12(5-3-7-17(2)8-12)19-11(18)16-9-4-6-14-10(13)15-9/h4,6H,3,5,7-8H2,1-2H3,(H,14,15,16,18)/t12-/m0/s1. The topological polar surface area (TPSA) is 67.3 Å². The smallest absolute Gasteiger partial charge is 0.413 e. The van der Waals surface area contributed by atoms with Gasteiger partial charge in [0.25, 0.3) is 0 Å². The molecule has 0 radical (unpaired) electrons. The second-order valence-electron chi connectivity index (χ2n) is 5.02. The van der Waals surface area contributed by atoms with Gasteiger partial charge in [-0.15, -0.1) is 0 Å². The lowest BCUT2D eigenvalue weighted by Crippen LogP contribution is -2.47. The number of hydrogen-bond donors (Lipinski definition) is 1. The predicted molar refractivity (Wildman–Crippen MR) is 72.3 cm³/mol. The largest absolute Gasteiger partial charge is 0.442 e. The first-order valence-corrected chi connectivity index (χ1v) is 6.52. The van der Waals surface area contributed by atoms with E-state index in [4.69, 9.17) is 16.3 Å². The highest BCUT2D eigenvalue weighted by atomic mass is 35.5. The summed E-state index contributed by atoms with van der Waals surface area (Å²) < 4.78 is 5.50. The number of halogens is 1. The molecule has 1 amide bonds. The summed E-state index contributed by atoms with van der Waals surface area (Å²) in [6, 6.07) is 1.56. The molecule has 1 aliphatic heterocycles. The highest BCUT2D eigenvalue weighted by Crippen LogP contribution is 2.24. The second kappa shape index (κ2) is 5.71. The van der Waals surface area contributed by atoms with Gasteiger partial charge >= 0.3 is 6.09 Å². The quantitative estimate of drug-likeness (QED) is 0.843. The van der Waals surface area contributed by atoms with Gasteiger partial charge in [0, 0.05) is 12.7 Å². The van der Waals surface area contributed by atoms with Crippen LogP contribution in [-0.2, 0) is 4.74 Å². The van der Waals surface area contributed by atoms with Gasteiger partial charge in [-0.05, 0) is 51.0 Å². The van der Waals surface area contributed by atoms with Gasteiger partial charge in [0.1, 0.15) is 11.4 Å². The molecule has 1 aromatic rings. The molecular weight excluding hydrogens is 268 g/mol. The Morgan fingerprint density at radius 1 is 1.63 bits per heavy atom. The molecule has 0 saturated carbocycles. The molecule has 6 nitrogen and oxygen atoms in total. The van der Waals surface area contributed by atoms with E-state index >= 15 is 0 Å². The van der Waals surface area contributed by atoms with Crippen molar-refractivity contribution in [3.8, 4) is 0 Å². The summed E-state index contributed by atoms with van der Waals surface area (Å²) in [5.74, 6) is 0.331. The molecule has 0 unspecified atom stereocenters. The van der Waals surface area contributed by atoms with E-state index < -0.39 is 11.7 Å². The van der Waals surface area contributed by atoms with Gasteiger partial charge in [0.15, 0.2) is 0 Å². The Morgan fingerprint density at radius 3 is 3.11 bits per heavy atom. The number of nitrogens with zero attached hydrogens (tertiary/aromatic N) is 3. The maximum atomic E-state index is 11.8. The molecule has 1 aliphatic rings. The van der Waals surface area contributed by atoms with Gasteiger partial charge in [0.05, 0.1) is 0 Å². The molecule has 1 aromatic heterocycles. The normalized spacial score (nSPS) is 23.9. The Morgan fingerprint density at radius 2 is 2.42 bits per heavy atom. The van der Waals surface area contributed by atoms with Gasteiger partial charge in [-0.2, -0.15) is 0 Å². The Hall–Kier alpha value is -1.40. The van der Waals surface area contributed by atoms with Gasteiger partial charge in [-0.3, -0.25) is 5.32 Å². The van der Waals surface area contributed by atoms with Crippen molar-refractivity contribution in [3.05, 3.63) is 17.5 Å². The minimum Gasteiger partial charge on any atom is -0.442 e. The molecule has 19 heavy (non-hydrogen) atoms. The van der Waals surface area contributed by atoms with Crippen LogP contribution in [0.3, 0.4) is 0 Å². The summed E-state index contributed by atoms with van der Waals surface area (Å²) in [4.78, 5) is 21.6. The number of likely N-dealkylation sites (N-methyl/N-ethyl adjacent to an activating group) is 1. The zero-order valence-corrected chi connectivity index (χ0v) is 11.8. The first-order valence-electron chi connectivity index (χ1n) is 6.14. The average Bonchev–Trinajstić information content (AvgIpc) is 2.27. The number of anilines is 1. The van der Waals surface area contributed by atoms with Crippen molar-refractivity contribution in [2.24, 2.45) is 0 Å². The van der Waals surface area contributed by atoms with E-state index in [2.05, 4.69) is 20.2 Å². The van der Waals surface area contributed by atoms with Gasteiger partial charge in [-0.1, -0.05) is 0 Å². The summed E-state index contributed by atoms with van der Waals surface area (Å²) in [5.41, 5.74) is -0.464. The fraction of sp³-hybridized carbons (Fsp3) is 0.583. The van der Waals surface area contributed by atoms with E-state index in [-0.39, 0.29) is 5.28 Å². The maximum absolute atomic E-state index is 11.8. The lowest BCUT2D eigenvalue weighted by Gasteiger charge is -2.37. The number of aromatic nitrogens is 2. The van der Waals surface area contributed by atoms with Crippen LogP contribution in [0.4, 0.5) is 10.6 Å². The first-order chi connectivity index (χ1) is 8.97. The number of ether oxygens (including phenoxy) is 1. The van der Waals surface area contributed by atoms with Crippen LogP contribution < -0.4 is 5.32 Å². The lowest BCUT2D eigenvalue weighted by molar-refractivity contribution is -0.0176. The summed E-state index contributed by atoms with van der Waals surface area (Å²) in [6.45, 7) is 3.70. The molecule has 1 atom stereocenters. The van der Waals surface area contributed by atoms with Crippen molar-refractivity contribution in [1.29, 1.82) is 0 Å². The van der Waals surface area contributed by atoms with Crippen molar-refractivity contribution in [1.82, 2.24) is 14.9 Å². The summed E-state index contributed by atoms with van der Waals surface area (Å²) >= 11 is 5.65. The number of hydrogen-bond acceptors (Lipinski definition) is 5. The number of carbonyl (C=O) groups excluding carboxylic acids is 1. The Bertz CT molecular complexity index is 471. The van der Waals surface area contributed by atoms with E-state index in [9.17, 15) is 4.79 Å². The molecule has 1 N–H and O–H groups in total. The first kappa shape index (κ1) is 14.0. The molecule has 7 heteroatoms. The van der Waals surface area contributed by atoms with Crippen molar-refractivity contribution in [2.45, 2.75) is 25.4 Å². The average molecular weight is 285 g/mol. The number of carbonyl (C=O) groups is 1. The zero-order chi connectivity index (χ0) is 13.9. The summed E-state index contributed by atoms with van der Waals surface area (Å²) in [6.07, 6.45) is 2.82. The lowest BCUT2D eigenvalue weighted by atomic mass is 9.95.